The Hall–Kier alpha value is -2.54. The summed E-state index contributed by atoms with van der Waals surface area (Å²) in [6.07, 6.45) is 2.46. The molecule has 2 fully saturated rings. The molecule has 2 heterocycles. The fourth-order valence-electron chi connectivity index (χ4n) is 4.77. The highest BCUT2D eigenvalue weighted by atomic mass is 35.5. The predicted octanol–water partition coefficient (Wildman–Crippen LogP) is 3.56. The van der Waals surface area contributed by atoms with Crippen molar-refractivity contribution in [1.29, 1.82) is 0 Å². The molecule has 2 aliphatic rings. The molecule has 1 aliphatic carbocycles. The lowest BCUT2D eigenvalue weighted by Gasteiger charge is -2.27. The van der Waals surface area contributed by atoms with Crippen molar-refractivity contribution >= 4 is 29.3 Å². The summed E-state index contributed by atoms with van der Waals surface area (Å²) >= 11 is 6.41. The van der Waals surface area contributed by atoms with E-state index in [2.05, 4.69) is 20.2 Å². The summed E-state index contributed by atoms with van der Waals surface area (Å²) < 4.78 is 0. The monoisotopic (exact) mass is 401 g/mol. The first-order valence-electron chi connectivity index (χ1n) is 9.40. The standard InChI is InChI=1S/C20H24ClN5O2/c1-11-4-3-5-14(16(11)21)17-18(22)24-15(8-23-17)26-9-12-6-20(2,25-19(27)28)7-13(12)10-26/h3-5,8,12-13,25H,6-7,9-10H2,1-2H3,(H2,22,24)(H,27,28)/t12-,13+,20-. The minimum Gasteiger partial charge on any atom is -0.465 e. The Morgan fingerprint density at radius 2 is 2.04 bits per heavy atom. The third-order valence-electron chi connectivity index (χ3n) is 5.97. The fraction of sp³-hybridized carbons (Fsp3) is 0.450. The lowest BCUT2D eigenvalue weighted by atomic mass is 9.98. The number of aryl methyl sites for hydroxylation is 1. The van der Waals surface area contributed by atoms with Crippen molar-refractivity contribution in [3.63, 3.8) is 0 Å². The second-order valence-electron chi connectivity index (χ2n) is 8.22. The third-order valence-corrected chi connectivity index (χ3v) is 6.47. The van der Waals surface area contributed by atoms with E-state index in [-0.39, 0.29) is 5.54 Å². The van der Waals surface area contributed by atoms with Crippen LogP contribution in [0.25, 0.3) is 11.3 Å². The van der Waals surface area contributed by atoms with E-state index < -0.39 is 6.09 Å². The van der Waals surface area contributed by atoms with Gasteiger partial charge in [-0.1, -0.05) is 29.8 Å². The summed E-state index contributed by atoms with van der Waals surface area (Å²) in [5.74, 6) is 1.99. The lowest BCUT2D eigenvalue weighted by molar-refractivity contribution is 0.179. The Labute approximate surface area is 168 Å². The van der Waals surface area contributed by atoms with E-state index >= 15 is 0 Å². The van der Waals surface area contributed by atoms with Gasteiger partial charge in [-0.25, -0.2) is 14.8 Å². The first-order valence-corrected chi connectivity index (χ1v) is 9.77. The Balaban J connectivity index is 1.51. The Kier molecular flexibility index (Phi) is 4.57. The summed E-state index contributed by atoms with van der Waals surface area (Å²) in [4.78, 5) is 22.4. The molecular formula is C20H24ClN5O2. The van der Waals surface area contributed by atoms with E-state index in [1.54, 1.807) is 6.20 Å². The van der Waals surface area contributed by atoms with Crippen molar-refractivity contribution < 1.29 is 9.90 Å². The number of fused-ring (bicyclic) bond motifs is 1. The molecule has 2 aromatic rings. The number of nitrogens with zero attached hydrogens (tertiary/aromatic N) is 3. The van der Waals surface area contributed by atoms with Crippen LogP contribution in [0.5, 0.6) is 0 Å². The first kappa shape index (κ1) is 18.8. The number of nitrogens with two attached hydrogens (primary N) is 1. The normalized spacial score (nSPS) is 26.3. The molecule has 0 radical (unpaired) electrons. The number of hydrogen-bond donors (Lipinski definition) is 3. The molecule has 4 N–H and O–H groups in total. The van der Waals surface area contributed by atoms with Crippen molar-refractivity contribution in [2.24, 2.45) is 11.8 Å². The van der Waals surface area contributed by atoms with Gasteiger partial charge in [0.05, 0.1) is 11.2 Å². The number of nitrogens with one attached hydrogen (secondary N) is 1. The van der Waals surface area contributed by atoms with Crippen molar-refractivity contribution in [2.45, 2.75) is 32.2 Å². The molecule has 0 bridgehead atoms. The van der Waals surface area contributed by atoms with E-state index in [0.717, 1.165) is 42.9 Å². The van der Waals surface area contributed by atoms with Crippen molar-refractivity contribution in [3.8, 4) is 11.3 Å². The second kappa shape index (κ2) is 6.81. The maximum absolute atomic E-state index is 11.0. The molecule has 148 valence electrons. The Morgan fingerprint density at radius 1 is 1.36 bits per heavy atom. The summed E-state index contributed by atoms with van der Waals surface area (Å²) in [6, 6.07) is 5.76. The molecule has 1 saturated heterocycles. The average molecular weight is 402 g/mol. The molecule has 1 aromatic heterocycles. The van der Waals surface area contributed by atoms with Gasteiger partial charge < -0.3 is 21.1 Å². The molecule has 8 heteroatoms. The molecule has 0 spiro atoms. The van der Waals surface area contributed by atoms with E-state index in [9.17, 15) is 4.79 Å². The molecular weight excluding hydrogens is 378 g/mol. The van der Waals surface area contributed by atoms with Gasteiger partial charge in [-0.15, -0.1) is 0 Å². The van der Waals surface area contributed by atoms with Gasteiger partial charge >= 0.3 is 6.09 Å². The molecule has 1 amide bonds. The largest absolute Gasteiger partial charge is 0.465 e. The quantitative estimate of drug-likeness (QED) is 0.726. The second-order valence-corrected chi connectivity index (χ2v) is 8.60. The molecule has 1 aliphatic heterocycles. The zero-order valence-electron chi connectivity index (χ0n) is 15.9. The highest BCUT2D eigenvalue weighted by Crippen LogP contribution is 2.44. The topological polar surface area (TPSA) is 104 Å². The van der Waals surface area contributed by atoms with Crippen LogP contribution < -0.4 is 16.0 Å². The van der Waals surface area contributed by atoms with E-state index in [1.165, 1.54) is 0 Å². The molecule has 7 nitrogen and oxygen atoms in total. The predicted molar refractivity (Wildman–Crippen MR) is 110 cm³/mol. The average Bonchev–Trinajstić information content (AvgIpc) is 3.11. The van der Waals surface area contributed by atoms with Crippen LogP contribution in [0.1, 0.15) is 25.3 Å². The number of halogens is 1. The number of rotatable bonds is 3. The highest BCUT2D eigenvalue weighted by molar-refractivity contribution is 6.34. The number of amides is 1. The highest BCUT2D eigenvalue weighted by Gasteiger charge is 2.47. The molecule has 4 rings (SSSR count). The number of benzene rings is 1. The summed E-state index contributed by atoms with van der Waals surface area (Å²) in [5.41, 5.74) is 8.22. The maximum Gasteiger partial charge on any atom is 0.405 e. The third kappa shape index (κ3) is 3.35. The number of anilines is 2. The number of nitrogen functional groups attached to an aromatic ring is 1. The van der Waals surface area contributed by atoms with E-state index in [4.69, 9.17) is 22.4 Å². The van der Waals surface area contributed by atoms with Gasteiger partial charge in [-0.2, -0.15) is 0 Å². The smallest absolute Gasteiger partial charge is 0.405 e. The van der Waals surface area contributed by atoms with Crippen LogP contribution in [0.4, 0.5) is 16.4 Å². The van der Waals surface area contributed by atoms with E-state index in [0.29, 0.717) is 28.4 Å². The zero-order chi connectivity index (χ0) is 20.1. The van der Waals surface area contributed by atoms with Crippen LogP contribution in [-0.4, -0.2) is 39.8 Å². The Morgan fingerprint density at radius 3 is 2.64 bits per heavy atom. The van der Waals surface area contributed by atoms with Gasteiger partial charge in [0.25, 0.3) is 0 Å². The first-order chi connectivity index (χ1) is 13.3. The minimum atomic E-state index is -0.955. The summed E-state index contributed by atoms with van der Waals surface area (Å²) in [5, 5.41) is 12.4. The fourth-order valence-corrected chi connectivity index (χ4v) is 4.99. The molecule has 3 atom stereocenters. The summed E-state index contributed by atoms with van der Waals surface area (Å²) in [7, 11) is 0. The van der Waals surface area contributed by atoms with Crippen molar-refractivity contribution in [1.82, 2.24) is 15.3 Å². The molecule has 0 unspecified atom stereocenters. The number of aromatic nitrogens is 2. The molecule has 1 aromatic carbocycles. The number of hydrogen-bond acceptors (Lipinski definition) is 5. The van der Waals surface area contributed by atoms with Crippen LogP contribution >= 0.6 is 11.6 Å². The molecule has 28 heavy (non-hydrogen) atoms. The summed E-state index contributed by atoms with van der Waals surface area (Å²) in [6.45, 7) is 5.60. The minimum absolute atomic E-state index is 0.344. The van der Waals surface area contributed by atoms with Crippen LogP contribution in [-0.2, 0) is 0 Å². The van der Waals surface area contributed by atoms with Gasteiger partial charge in [0.1, 0.15) is 11.5 Å². The zero-order valence-corrected chi connectivity index (χ0v) is 16.7. The van der Waals surface area contributed by atoms with Crippen molar-refractivity contribution in [3.05, 3.63) is 35.0 Å². The van der Waals surface area contributed by atoms with Crippen LogP contribution in [0, 0.1) is 18.8 Å². The Bertz CT molecular complexity index is 921. The van der Waals surface area contributed by atoms with Gasteiger partial charge in [-0.05, 0) is 44.1 Å². The SMILES string of the molecule is Cc1cccc(-c2ncc(N3C[C@@H]4C[C@](C)(NC(=O)O)C[C@@H]4C3)nc2N)c1Cl. The van der Waals surface area contributed by atoms with Gasteiger partial charge in [0.15, 0.2) is 5.82 Å². The van der Waals surface area contributed by atoms with Crippen LogP contribution in [0.15, 0.2) is 24.4 Å². The van der Waals surface area contributed by atoms with Gasteiger partial charge in [0.2, 0.25) is 0 Å². The lowest BCUT2D eigenvalue weighted by Crippen LogP contribution is -2.44. The molecule has 1 saturated carbocycles. The number of carbonyl (C=O) groups is 1. The number of carboxylic acid groups (broad SMARTS) is 1. The van der Waals surface area contributed by atoms with E-state index in [1.807, 2.05) is 32.0 Å². The van der Waals surface area contributed by atoms with Crippen molar-refractivity contribution in [2.75, 3.05) is 23.7 Å². The maximum atomic E-state index is 11.0. The van der Waals surface area contributed by atoms with Crippen LogP contribution in [0.2, 0.25) is 5.02 Å². The van der Waals surface area contributed by atoms with Gasteiger partial charge in [0, 0.05) is 24.2 Å². The van der Waals surface area contributed by atoms with Crippen LogP contribution in [0.3, 0.4) is 0 Å². The van der Waals surface area contributed by atoms with Gasteiger partial charge in [-0.3, -0.25) is 0 Å².